The number of piperazine rings is 1. The maximum absolute atomic E-state index is 4.30. The average Bonchev–Trinajstić information content (AvgIpc) is 2.38. The first-order valence-corrected chi connectivity index (χ1v) is 6.26. The Hall–Kier alpha value is -1.20. The molecule has 0 bridgehead atoms. The van der Waals surface area contributed by atoms with E-state index in [1.807, 2.05) is 0 Å². The molecule has 0 aliphatic carbocycles. The molecule has 1 aliphatic rings. The van der Waals surface area contributed by atoms with Gasteiger partial charge in [-0.15, -0.1) is 5.10 Å². The largest absolute Gasteiger partial charge is 0.353 e. The molecule has 17 heavy (non-hydrogen) atoms. The van der Waals surface area contributed by atoms with Crippen molar-refractivity contribution in [1.82, 2.24) is 20.4 Å². The van der Waals surface area contributed by atoms with Crippen LogP contribution in [0.15, 0.2) is 12.1 Å². The molecule has 5 heteroatoms. The minimum Gasteiger partial charge on any atom is -0.353 e. The van der Waals surface area contributed by atoms with E-state index in [-0.39, 0.29) is 0 Å². The fourth-order valence-electron chi connectivity index (χ4n) is 1.90. The molecule has 1 saturated heterocycles. The second-order valence-corrected chi connectivity index (χ2v) is 4.45. The van der Waals surface area contributed by atoms with E-state index in [0.717, 1.165) is 50.8 Å². The van der Waals surface area contributed by atoms with Crippen molar-refractivity contribution in [2.75, 3.05) is 44.7 Å². The Morgan fingerprint density at radius 1 is 1.18 bits per heavy atom. The van der Waals surface area contributed by atoms with Crippen LogP contribution in [0.4, 0.5) is 5.82 Å². The van der Waals surface area contributed by atoms with Crippen LogP contribution < -0.4 is 10.2 Å². The molecule has 2 heterocycles. The molecular formula is C12H21N5. The van der Waals surface area contributed by atoms with Crippen LogP contribution in [0, 0.1) is 0 Å². The van der Waals surface area contributed by atoms with E-state index >= 15 is 0 Å². The van der Waals surface area contributed by atoms with Gasteiger partial charge in [0, 0.05) is 32.7 Å². The summed E-state index contributed by atoms with van der Waals surface area (Å²) in [6, 6.07) is 4.13. The molecule has 0 unspecified atom stereocenters. The van der Waals surface area contributed by atoms with Crippen molar-refractivity contribution >= 4 is 5.82 Å². The maximum Gasteiger partial charge on any atom is 0.151 e. The SMILES string of the molecule is CCNCc1ccc(N2CCN(C)CC2)nn1. The van der Waals surface area contributed by atoms with E-state index in [1.165, 1.54) is 0 Å². The number of hydrogen-bond acceptors (Lipinski definition) is 5. The minimum atomic E-state index is 0.798. The Balaban J connectivity index is 1.93. The molecule has 0 radical (unpaired) electrons. The first-order valence-electron chi connectivity index (χ1n) is 6.26. The fraction of sp³-hybridized carbons (Fsp3) is 0.667. The summed E-state index contributed by atoms with van der Waals surface area (Å²) in [6.45, 7) is 8.12. The summed E-state index contributed by atoms with van der Waals surface area (Å²) in [7, 11) is 2.16. The summed E-state index contributed by atoms with van der Waals surface area (Å²) in [6.07, 6.45) is 0. The van der Waals surface area contributed by atoms with Gasteiger partial charge < -0.3 is 15.1 Å². The highest BCUT2D eigenvalue weighted by Crippen LogP contribution is 2.11. The fourth-order valence-corrected chi connectivity index (χ4v) is 1.90. The number of rotatable bonds is 4. The molecule has 0 amide bonds. The van der Waals surface area contributed by atoms with Crippen molar-refractivity contribution in [2.45, 2.75) is 13.5 Å². The van der Waals surface area contributed by atoms with Gasteiger partial charge in [0.2, 0.25) is 0 Å². The van der Waals surface area contributed by atoms with Crippen molar-refractivity contribution in [3.05, 3.63) is 17.8 Å². The quantitative estimate of drug-likeness (QED) is 0.815. The van der Waals surface area contributed by atoms with E-state index < -0.39 is 0 Å². The maximum atomic E-state index is 4.30. The first-order chi connectivity index (χ1) is 8.29. The Morgan fingerprint density at radius 3 is 2.53 bits per heavy atom. The predicted octanol–water partition coefficient (Wildman–Crippen LogP) is 0.338. The van der Waals surface area contributed by atoms with Gasteiger partial charge in [0.15, 0.2) is 5.82 Å². The summed E-state index contributed by atoms with van der Waals surface area (Å²) in [5, 5.41) is 11.8. The minimum absolute atomic E-state index is 0.798. The molecule has 1 aliphatic heterocycles. The van der Waals surface area contributed by atoms with E-state index in [1.54, 1.807) is 0 Å². The highest BCUT2D eigenvalue weighted by molar-refractivity contribution is 5.37. The molecule has 1 fully saturated rings. The number of nitrogens with zero attached hydrogens (tertiary/aromatic N) is 4. The molecular weight excluding hydrogens is 214 g/mol. The molecule has 1 N–H and O–H groups in total. The van der Waals surface area contributed by atoms with Crippen molar-refractivity contribution in [3.63, 3.8) is 0 Å². The van der Waals surface area contributed by atoms with Gasteiger partial charge in [0.1, 0.15) is 0 Å². The summed E-state index contributed by atoms with van der Waals surface area (Å²) in [4.78, 5) is 4.63. The first kappa shape index (κ1) is 12.3. The molecule has 0 aromatic carbocycles. The van der Waals surface area contributed by atoms with Gasteiger partial charge in [-0.05, 0) is 25.7 Å². The lowest BCUT2D eigenvalue weighted by atomic mass is 10.3. The summed E-state index contributed by atoms with van der Waals surface area (Å²) in [5.74, 6) is 0.998. The zero-order chi connectivity index (χ0) is 12.1. The topological polar surface area (TPSA) is 44.3 Å². The van der Waals surface area contributed by atoms with Crippen LogP contribution in [0.2, 0.25) is 0 Å². The monoisotopic (exact) mass is 235 g/mol. The molecule has 0 spiro atoms. The molecule has 0 saturated carbocycles. The Labute approximate surface area is 103 Å². The Bertz CT molecular complexity index is 329. The number of hydrogen-bond donors (Lipinski definition) is 1. The lowest BCUT2D eigenvalue weighted by Crippen LogP contribution is -2.44. The van der Waals surface area contributed by atoms with Gasteiger partial charge >= 0.3 is 0 Å². The van der Waals surface area contributed by atoms with Crippen LogP contribution in [0.1, 0.15) is 12.6 Å². The van der Waals surface area contributed by atoms with Crippen LogP contribution in [0.3, 0.4) is 0 Å². The van der Waals surface area contributed by atoms with Crippen molar-refractivity contribution in [2.24, 2.45) is 0 Å². The standard InChI is InChI=1S/C12H21N5/c1-3-13-10-11-4-5-12(15-14-11)17-8-6-16(2)7-9-17/h4-5,13H,3,6-10H2,1-2H3. The van der Waals surface area contributed by atoms with E-state index in [4.69, 9.17) is 0 Å². The van der Waals surface area contributed by atoms with Crippen molar-refractivity contribution in [1.29, 1.82) is 0 Å². The van der Waals surface area contributed by atoms with Crippen LogP contribution in [0.5, 0.6) is 0 Å². The Morgan fingerprint density at radius 2 is 1.94 bits per heavy atom. The number of likely N-dealkylation sites (N-methyl/N-ethyl adjacent to an activating group) is 1. The highest BCUT2D eigenvalue weighted by Gasteiger charge is 2.15. The highest BCUT2D eigenvalue weighted by atomic mass is 15.3. The third kappa shape index (κ3) is 3.38. The molecule has 1 aromatic heterocycles. The zero-order valence-corrected chi connectivity index (χ0v) is 10.7. The van der Waals surface area contributed by atoms with E-state index in [2.05, 4.69) is 51.4 Å². The Kier molecular flexibility index (Phi) is 4.28. The summed E-state index contributed by atoms with van der Waals surface area (Å²) in [5.41, 5.74) is 1.00. The molecule has 94 valence electrons. The van der Waals surface area contributed by atoms with E-state index in [9.17, 15) is 0 Å². The second kappa shape index (κ2) is 5.93. The van der Waals surface area contributed by atoms with Gasteiger partial charge in [-0.1, -0.05) is 6.92 Å². The number of anilines is 1. The smallest absolute Gasteiger partial charge is 0.151 e. The van der Waals surface area contributed by atoms with Gasteiger partial charge in [0.25, 0.3) is 0 Å². The third-order valence-electron chi connectivity index (χ3n) is 3.09. The number of aromatic nitrogens is 2. The average molecular weight is 235 g/mol. The lowest BCUT2D eigenvalue weighted by Gasteiger charge is -2.32. The predicted molar refractivity (Wildman–Crippen MR) is 69.1 cm³/mol. The van der Waals surface area contributed by atoms with Gasteiger partial charge in [0.05, 0.1) is 5.69 Å². The third-order valence-corrected chi connectivity index (χ3v) is 3.09. The molecule has 1 aromatic rings. The van der Waals surface area contributed by atoms with Crippen LogP contribution in [-0.4, -0.2) is 54.9 Å². The molecule has 2 rings (SSSR count). The second-order valence-electron chi connectivity index (χ2n) is 4.45. The lowest BCUT2D eigenvalue weighted by molar-refractivity contribution is 0.311. The van der Waals surface area contributed by atoms with Crippen molar-refractivity contribution in [3.8, 4) is 0 Å². The summed E-state index contributed by atoms with van der Waals surface area (Å²) < 4.78 is 0. The van der Waals surface area contributed by atoms with Crippen LogP contribution in [-0.2, 0) is 6.54 Å². The van der Waals surface area contributed by atoms with Gasteiger partial charge in [-0.25, -0.2) is 0 Å². The summed E-state index contributed by atoms with van der Waals surface area (Å²) >= 11 is 0. The van der Waals surface area contributed by atoms with Crippen LogP contribution >= 0.6 is 0 Å². The van der Waals surface area contributed by atoms with Crippen LogP contribution in [0.25, 0.3) is 0 Å². The normalized spacial score (nSPS) is 17.4. The zero-order valence-electron chi connectivity index (χ0n) is 10.7. The van der Waals surface area contributed by atoms with E-state index in [0.29, 0.717) is 0 Å². The number of nitrogens with one attached hydrogen (secondary N) is 1. The van der Waals surface area contributed by atoms with Gasteiger partial charge in [-0.3, -0.25) is 0 Å². The van der Waals surface area contributed by atoms with Crippen molar-refractivity contribution < 1.29 is 0 Å². The van der Waals surface area contributed by atoms with Gasteiger partial charge in [-0.2, -0.15) is 5.10 Å². The molecule has 0 atom stereocenters. The molecule has 5 nitrogen and oxygen atoms in total.